The van der Waals surface area contributed by atoms with Crippen LogP contribution in [0.1, 0.15) is 0 Å². The number of fused-ring (bicyclic) bond motifs is 10. The highest BCUT2D eigenvalue weighted by molar-refractivity contribution is 6.22. The van der Waals surface area contributed by atoms with E-state index in [-0.39, 0.29) is 0 Å². The molecule has 0 aliphatic carbocycles. The fourth-order valence-electron chi connectivity index (χ4n) is 8.91. The average molecular weight is 713 g/mol. The van der Waals surface area contributed by atoms with Crippen molar-refractivity contribution < 1.29 is 0 Å². The second-order valence-electron chi connectivity index (χ2n) is 14.6. The molecule has 0 unspecified atom stereocenters. The summed E-state index contributed by atoms with van der Waals surface area (Å²) in [6.45, 7) is 0. The van der Waals surface area contributed by atoms with Gasteiger partial charge in [0, 0.05) is 38.2 Å². The Morgan fingerprint density at radius 3 is 1.86 bits per heavy atom. The number of hydrogen-bond acceptors (Lipinski definition) is 2. The molecule has 0 radical (unpaired) electrons. The molecule has 0 amide bonds. The van der Waals surface area contributed by atoms with Gasteiger partial charge in [0.1, 0.15) is 0 Å². The molecule has 260 valence electrons. The van der Waals surface area contributed by atoms with E-state index in [2.05, 4.69) is 197 Å². The van der Waals surface area contributed by atoms with E-state index in [4.69, 9.17) is 9.97 Å². The Labute approximate surface area is 322 Å². The van der Waals surface area contributed by atoms with E-state index in [1.807, 2.05) is 6.07 Å². The van der Waals surface area contributed by atoms with Crippen molar-refractivity contribution in [3.05, 3.63) is 194 Å². The maximum absolute atomic E-state index is 5.34. The first-order chi connectivity index (χ1) is 27.8. The summed E-state index contributed by atoms with van der Waals surface area (Å²) in [6, 6.07) is 69.8. The van der Waals surface area contributed by atoms with Gasteiger partial charge in [-0.25, -0.2) is 9.97 Å². The van der Waals surface area contributed by atoms with Crippen molar-refractivity contribution in [3.63, 3.8) is 0 Å². The number of aromatic nitrogens is 4. The minimum absolute atomic E-state index is 0.659. The zero-order valence-electron chi connectivity index (χ0n) is 30.3. The number of benzene rings is 9. The van der Waals surface area contributed by atoms with Crippen LogP contribution in [0.2, 0.25) is 0 Å². The molecular weight excluding hydrogens is 681 g/mol. The molecule has 9 aromatic carbocycles. The van der Waals surface area contributed by atoms with Gasteiger partial charge in [0.15, 0.2) is 0 Å². The van der Waals surface area contributed by atoms with Gasteiger partial charge in [0.2, 0.25) is 5.95 Å². The molecule has 0 aliphatic heterocycles. The molecule has 56 heavy (non-hydrogen) atoms. The number of rotatable bonds is 4. The minimum atomic E-state index is 0.659. The molecule has 0 saturated carbocycles. The summed E-state index contributed by atoms with van der Waals surface area (Å²) in [5.74, 6) is 0.659. The summed E-state index contributed by atoms with van der Waals surface area (Å²) >= 11 is 0. The van der Waals surface area contributed by atoms with Gasteiger partial charge in [-0.3, -0.25) is 4.57 Å². The second-order valence-corrected chi connectivity index (χ2v) is 14.6. The largest absolute Gasteiger partial charge is 0.309 e. The molecule has 0 aliphatic rings. The first kappa shape index (κ1) is 30.9. The van der Waals surface area contributed by atoms with Crippen LogP contribution in [0.3, 0.4) is 0 Å². The first-order valence-corrected chi connectivity index (χ1v) is 19.1. The number of hydrogen-bond donors (Lipinski definition) is 0. The van der Waals surface area contributed by atoms with E-state index in [1.165, 1.54) is 59.7 Å². The lowest BCUT2D eigenvalue weighted by atomic mass is 9.99. The van der Waals surface area contributed by atoms with Crippen molar-refractivity contribution >= 4 is 76.1 Å². The van der Waals surface area contributed by atoms with Crippen LogP contribution in [-0.2, 0) is 0 Å². The summed E-state index contributed by atoms with van der Waals surface area (Å²) in [5.41, 5.74) is 10.9. The van der Waals surface area contributed by atoms with Crippen LogP contribution >= 0.6 is 0 Å². The van der Waals surface area contributed by atoms with E-state index < -0.39 is 0 Å². The van der Waals surface area contributed by atoms with Gasteiger partial charge in [-0.15, -0.1) is 0 Å². The molecule has 3 heterocycles. The molecule has 0 N–H and O–H groups in total. The van der Waals surface area contributed by atoms with Gasteiger partial charge < -0.3 is 4.57 Å². The lowest BCUT2D eigenvalue weighted by Crippen LogP contribution is -2.03. The SMILES string of the molecule is c1ccc(-c2nc(-n3c4ccc(-c5ccc6c7ccccc7n(-c7ccc8ccccc8c7)c6c5)cc4c4c5ccccc5ccc43)nc3ccccc23)cc1. The van der Waals surface area contributed by atoms with Gasteiger partial charge in [-0.1, -0.05) is 146 Å². The molecule has 0 spiro atoms. The normalized spacial score (nSPS) is 11.9. The van der Waals surface area contributed by atoms with Crippen LogP contribution in [0, 0.1) is 0 Å². The standard InChI is InChI=1S/C52H32N4/c1-2-14-35(15-3-1)51-43-19-8-10-20-45(43)53-52(54-51)56-47-28-25-37(31-44(47)50-40-17-7-6-13-34(40)24-29-48(50)56)38-23-27-42-41-18-9-11-21-46(41)55(49(42)32-38)39-26-22-33-12-4-5-16-36(33)30-39/h1-32H. The van der Waals surface area contributed by atoms with Crippen molar-refractivity contribution in [3.8, 4) is 34.0 Å². The zero-order valence-corrected chi connectivity index (χ0v) is 30.3. The summed E-state index contributed by atoms with van der Waals surface area (Å²) in [4.78, 5) is 10.6. The Bertz CT molecular complexity index is 3540. The molecule has 0 fully saturated rings. The Kier molecular flexibility index (Phi) is 6.60. The summed E-state index contributed by atoms with van der Waals surface area (Å²) < 4.78 is 4.67. The molecular formula is C52H32N4. The fourth-order valence-corrected chi connectivity index (χ4v) is 8.91. The second kappa shape index (κ2) is 12.0. The number of nitrogens with zero attached hydrogens (tertiary/aromatic N) is 4. The molecule has 3 aromatic heterocycles. The minimum Gasteiger partial charge on any atom is -0.309 e. The lowest BCUT2D eigenvalue weighted by molar-refractivity contribution is 1.01. The Morgan fingerprint density at radius 1 is 0.321 bits per heavy atom. The van der Waals surface area contributed by atoms with Crippen molar-refractivity contribution in [1.82, 2.24) is 19.1 Å². The molecule has 12 rings (SSSR count). The lowest BCUT2D eigenvalue weighted by Gasteiger charge is -2.12. The zero-order chi connectivity index (χ0) is 36.7. The third kappa shape index (κ3) is 4.60. The van der Waals surface area contributed by atoms with E-state index in [9.17, 15) is 0 Å². The maximum Gasteiger partial charge on any atom is 0.235 e. The molecule has 0 atom stereocenters. The maximum atomic E-state index is 5.34. The van der Waals surface area contributed by atoms with Gasteiger partial charge in [0.05, 0.1) is 33.3 Å². The topological polar surface area (TPSA) is 35.6 Å². The van der Waals surface area contributed by atoms with Crippen LogP contribution in [0.4, 0.5) is 0 Å². The van der Waals surface area contributed by atoms with Gasteiger partial charge in [-0.05, 0) is 81.2 Å². The highest BCUT2D eigenvalue weighted by Gasteiger charge is 2.20. The van der Waals surface area contributed by atoms with Crippen LogP contribution in [-0.4, -0.2) is 19.1 Å². The van der Waals surface area contributed by atoms with Crippen molar-refractivity contribution in [2.24, 2.45) is 0 Å². The van der Waals surface area contributed by atoms with E-state index in [0.717, 1.165) is 44.4 Å². The van der Waals surface area contributed by atoms with Crippen LogP contribution in [0.15, 0.2) is 194 Å². The Hall–Kier alpha value is -7.56. The molecule has 4 heteroatoms. The van der Waals surface area contributed by atoms with Gasteiger partial charge in [-0.2, -0.15) is 0 Å². The fraction of sp³-hybridized carbons (Fsp3) is 0. The van der Waals surface area contributed by atoms with Crippen LogP contribution in [0.25, 0.3) is 110 Å². The number of para-hydroxylation sites is 2. The molecule has 12 aromatic rings. The third-order valence-corrected chi connectivity index (χ3v) is 11.5. The molecule has 4 nitrogen and oxygen atoms in total. The van der Waals surface area contributed by atoms with E-state index in [0.29, 0.717) is 5.95 Å². The Morgan fingerprint density at radius 2 is 0.964 bits per heavy atom. The van der Waals surface area contributed by atoms with E-state index in [1.54, 1.807) is 0 Å². The van der Waals surface area contributed by atoms with E-state index >= 15 is 0 Å². The summed E-state index contributed by atoms with van der Waals surface area (Å²) in [6.07, 6.45) is 0. The highest BCUT2D eigenvalue weighted by atomic mass is 15.2. The van der Waals surface area contributed by atoms with Crippen molar-refractivity contribution in [2.45, 2.75) is 0 Å². The average Bonchev–Trinajstić information content (AvgIpc) is 3.78. The molecule has 0 bridgehead atoms. The van der Waals surface area contributed by atoms with Crippen molar-refractivity contribution in [2.75, 3.05) is 0 Å². The third-order valence-electron chi connectivity index (χ3n) is 11.5. The summed E-state index contributed by atoms with van der Waals surface area (Å²) in [5, 5.41) is 10.8. The molecule has 0 saturated heterocycles. The van der Waals surface area contributed by atoms with Crippen LogP contribution < -0.4 is 0 Å². The quantitative estimate of drug-likeness (QED) is 0.182. The van der Waals surface area contributed by atoms with Crippen molar-refractivity contribution in [1.29, 1.82) is 0 Å². The smallest absolute Gasteiger partial charge is 0.235 e. The van der Waals surface area contributed by atoms with Gasteiger partial charge in [0.25, 0.3) is 0 Å². The monoisotopic (exact) mass is 712 g/mol. The van der Waals surface area contributed by atoms with Gasteiger partial charge >= 0.3 is 0 Å². The first-order valence-electron chi connectivity index (χ1n) is 19.1. The highest BCUT2D eigenvalue weighted by Crippen LogP contribution is 2.41. The Balaban J connectivity index is 1.11. The van der Waals surface area contributed by atoms with Crippen LogP contribution in [0.5, 0.6) is 0 Å². The predicted molar refractivity (Wildman–Crippen MR) is 234 cm³/mol. The predicted octanol–water partition coefficient (Wildman–Crippen LogP) is 13.5. The summed E-state index contributed by atoms with van der Waals surface area (Å²) in [7, 11) is 0.